The van der Waals surface area contributed by atoms with Gasteiger partial charge in [0.05, 0.1) is 0 Å². The van der Waals surface area contributed by atoms with Crippen LogP contribution in [-0.2, 0) is 9.59 Å². The van der Waals surface area contributed by atoms with Gasteiger partial charge in [-0.3, -0.25) is 9.59 Å². The molecule has 0 atom stereocenters. The van der Waals surface area contributed by atoms with Crippen LogP contribution >= 0.6 is 12.4 Å². The maximum Gasteiger partial charge on any atom is 0.222 e. The van der Waals surface area contributed by atoms with Crippen LogP contribution in [0.1, 0.15) is 65.2 Å². The molecule has 1 rings (SSSR count). The SMILES string of the molecule is CC(C)CC(=O)N1CCC(NC(=O)CCCCCCN)CC1.Cl. The molecule has 23 heavy (non-hydrogen) atoms. The third-order valence-electron chi connectivity index (χ3n) is 4.15. The van der Waals surface area contributed by atoms with Gasteiger partial charge in [-0.15, -0.1) is 12.4 Å². The lowest BCUT2D eigenvalue weighted by Gasteiger charge is -2.33. The summed E-state index contributed by atoms with van der Waals surface area (Å²) in [6, 6.07) is 0.236. The average Bonchev–Trinajstić information content (AvgIpc) is 2.47. The van der Waals surface area contributed by atoms with Crippen LogP contribution in [0.15, 0.2) is 0 Å². The van der Waals surface area contributed by atoms with Crippen LogP contribution in [0.3, 0.4) is 0 Å². The fourth-order valence-electron chi connectivity index (χ4n) is 2.83. The summed E-state index contributed by atoms with van der Waals surface area (Å²) < 4.78 is 0. The topological polar surface area (TPSA) is 75.4 Å². The molecule has 0 aromatic carbocycles. The number of piperidine rings is 1. The van der Waals surface area contributed by atoms with Crippen molar-refractivity contribution < 1.29 is 9.59 Å². The number of unbranched alkanes of at least 4 members (excludes halogenated alkanes) is 3. The van der Waals surface area contributed by atoms with E-state index in [4.69, 9.17) is 5.73 Å². The maximum atomic E-state index is 12.0. The Balaban J connectivity index is 0.00000484. The largest absolute Gasteiger partial charge is 0.353 e. The highest BCUT2D eigenvalue weighted by Crippen LogP contribution is 2.14. The number of rotatable bonds is 9. The molecule has 1 fully saturated rings. The normalized spacial score (nSPS) is 15.4. The number of nitrogens with one attached hydrogen (secondary N) is 1. The Morgan fingerprint density at radius 2 is 1.74 bits per heavy atom. The van der Waals surface area contributed by atoms with Crippen LogP contribution in [0.4, 0.5) is 0 Å². The van der Waals surface area contributed by atoms with Crippen LogP contribution in [0.25, 0.3) is 0 Å². The minimum Gasteiger partial charge on any atom is -0.353 e. The van der Waals surface area contributed by atoms with Gasteiger partial charge < -0.3 is 16.0 Å². The zero-order valence-electron chi connectivity index (χ0n) is 14.7. The van der Waals surface area contributed by atoms with Gasteiger partial charge in [-0.05, 0) is 38.1 Å². The van der Waals surface area contributed by atoms with E-state index in [1.54, 1.807) is 0 Å². The lowest BCUT2D eigenvalue weighted by molar-refractivity contribution is -0.133. The van der Waals surface area contributed by atoms with Gasteiger partial charge in [-0.1, -0.05) is 26.7 Å². The van der Waals surface area contributed by atoms with Gasteiger partial charge in [0.25, 0.3) is 0 Å². The molecule has 3 N–H and O–H groups in total. The number of carbonyl (C=O) groups excluding carboxylic acids is 2. The number of nitrogens with two attached hydrogens (primary N) is 1. The molecular weight excluding hydrogens is 314 g/mol. The third-order valence-corrected chi connectivity index (χ3v) is 4.15. The molecule has 5 nitrogen and oxygen atoms in total. The van der Waals surface area contributed by atoms with Crippen LogP contribution in [0, 0.1) is 5.92 Å². The van der Waals surface area contributed by atoms with Crippen LogP contribution in [0.5, 0.6) is 0 Å². The van der Waals surface area contributed by atoms with Crippen molar-refractivity contribution in [3.05, 3.63) is 0 Å². The molecule has 1 saturated heterocycles. The van der Waals surface area contributed by atoms with Crippen molar-refractivity contribution in [2.75, 3.05) is 19.6 Å². The summed E-state index contributed by atoms with van der Waals surface area (Å²) in [5, 5.41) is 3.11. The number of hydrogen-bond acceptors (Lipinski definition) is 3. The van der Waals surface area contributed by atoms with Gasteiger partial charge in [0.1, 0.15) is 0 Å². The molecule has 0 spiro atoms. The van der Waals surface area contributed by atoms with Gasteiger partial charge in [-0.25, -0.2) is 0 Å². The molecule has 1 heterocycles. The summed E-state index contributed by atoms with van der Waals surface area (Å²) in [5.41, 5.74) is 5.45. The molecule has 2 amide bonds. The van der Waals surface area contributed by atoms with Gasteiger partial charge >= 0.3 is 0 Å². The standard InChI is InChI=1S/C17H33N3O2.ClH/c1-14(2)13-17(22)20-11-8-15(9-12-20)19-16(21)7-5-3-4-6-10-18;/h14-15H,3-13,18H2,1-2H3,(H,19,21);1H. The van der Waals surface area contributed by atoms with E-state index in [1.807, 2.05) is 4.90 Å². The minimum absolute atomic E-state index is 0. The summed E-state index contributed by atoms with van der Waals surface area (Å²) in [5.74, 6) is 0.809. The third kappa shape index (κ3) is 9.82. The highest BCUT2D eigenvalue weighted by molar-refractivity contribution is 5.85. The summed E-state index contributed by atoms with van der Waals surface area (Å²) in [4.78, 5) is 25.8. The zero-order chi connectivity index (χ0) is 16.4. The van der Waals surface area contributed by atoms with E-state index in [0.29, 0.717) is 18.8 Å². The van der Waals surface area contributed by atoms with Crippen molar-refractivity contribution in [3.63, 3.8) is 0 Å². The molecule has 1 aliphatic rings. The van der Waals surface area contributed by atoms with Crippen molar-refractivity contribution in [1.29, 1.82) is 0 Å². The molecule has 0 aromatic heterocycles. The Morgan fingerprint density at radius 3 is 2.30 bits per heavy atom. The van der Waals surface area contributed by atoms with Gasteiger partial charge in [-0.2, -0.15) is 0 Å². The van der Waals surface area contributed by atoms with E-state index in [2.05, 4.69) is 19.2 Å². The van der Waals surface area contributed by atoms with Crippen molar-refractivity contribution in [1.82, 2.24) is 10.2 Å². The lowest BCUT2D eigenvalue weighted by Crippen LogP contribution is -2.46. The minimum atomic E-state index is 0. The first-order chi connectivity index (χ1) is 10.5. The average molecular weight is 348 g/mol. The smallest absolute Gasteiger partial charge is 0.222 e. The highest BCUT2D eigenvalue weighted by Gasteiger charge is 2.23. The molecule has 0 aliphatic carbocycles. The quantitative estimate of drug-likeness (QED) is 0.629. The second kappa shape index (κ2) is 12.6. The van der Waals surface area contributed by atoms with Crippen LogP contribution in [0.2, 0.25) is 0 Å². The Labute approximate surface area is 147 Å². The molecule has 0 aromatic rings. The molecule has 1 aliphatic heterocycles. The Kier molecular flexibility index (Phi) is 12.1. The van der Waals surface area contributed by atoms with Crippen LogP contribution < -0.4 is 11.1 Å². The Morgan fingerprint density at radius 1 is 1.13 bits per heavy atom. The fraction of sp³-hybridized carbons (Fsp3) is 0.882. The predicted molar refractivity (Wildman–Crippen MR) is 96.6 cm³/mol. The maximum absolute atomic E-state index is 12.0. The molecule has 0 unspecified atom stereocenters. The first-order valence-electron chi connectivity index (χ1n) is 8.80. The van der Waals surface area contributed by atoms with E-state index < -0.39 is 0 Å². The first kappa shape index (κ1) is 22.2. The fourth-order valence-corrected chi connectivity index (χ4v) is 2.83. The summed E-state index contributed by atoms with van der Waals surface area (Å²) in [7, 11) is 0. The van der Waals surface area contributed by atoms with Gasteiger partial charge in [0.15, 0.2) is 0 Å². The predicted octanol–water partition coefficient (Wildman–Crippen LogP) is 2.47. The number of halogens is 1. The molecule has 136 valence electrons. The highest BCUT2D eigenvalue weighted by atomic mass is 35.5. The zero-order valence-corrected chi connectivity index (χ0v) is 15.5. The van der Waals surface area contributed by atoms with Crippen molar-refractivity contribution in [3.8, 4) is 0 Å². The number of nitrogens with zero attached hydrogens (tertiary/aromatic N) is 1. The number of amides is 2. The number of hydrogen-bond donors (Lipinski definition) is 2. The number of carbonyl (C=O) groups is 2. The van der Waals surface area contributed by atoms with Gasteiger partial charge in [0.2, 0.25) is 11.8 Å². The molecule has 0 bridgehead atoms. The molecule has 0 saturated carbocycles. The van der Waals surface area contributed by atoms with E-state index >= 15 is 0 Å². The summed E-state index contributed by atoms with van der Waals surface area (Å²) >= 11 is 0. The monoisotopic (exact) mass is 347 g/mol. The number of likely N-dealkylation sites (tertiary alicyclic amines) is 1. The lowest BCUT2D eigenvalue weighted by atomic mass is 10.0. The van der Waals surface area contributed by atoms with Gasteiger partial charge in [0, 0.05) is 32.0 Å². The van der Waals surface area contributed by atoms with E-state index in [1.165, 1.54) is 0 Å². The van der Waals surface area contributed by atoms with Crippen molar-refractivity contribution in [2.45, 2.75) is 71.3 Å². The van der Waals surface area contributed by atoms with Crippen molar-refractivity contribution in [2.24, 2.45) is 11.7 Å². The van der Waals surface area contributed by atoms with E-state index in [0.717, 1.165) is 58.2 Å². The molecule has 0 radical (unpaired) electrons. The first-order valence-corrected chi connectivity index (χ1v) is 8.80. The second-order valence-electron chi connectivity index (χ2n) is 6.77. The Bertz CT molecular complexity index is 343. The summed E-state index contributed by atoms with van der Waals surface area (Å²) in [6.07, 6.45) is 7.16. The Hall–Kier alpha value is -0.810. The van der Waals surface area contributed by atoms with E-state index in [-0.39, 0.29) is 30.3 Å². The molecular formula is C17H34ClN3O2. The van der Waals surface area contributed by atoms with E-state index in [9.17, 15) is 9.59 Å². The van der Waals surface area contributed by atoms with Crippen molar-refractivity contribution >= 4 is 24.2 Å². The van der Waals surface area contributed by atoms with Crippen LogP contribution in [-0.4, -0.2) is 42.4 Å². The molecule has 6 heteroatoms. The second-order valence-corrected chi connectivity index (χ2v) is 6.77. The summed E-state index contributed by atoms with van der Waals surface area (Å²) in [6.45, 7) is 6.41.